The topological polar surface area (TPSA) is 64.9 Å². The van der Waals surface area contributed by atoms with Gasteiger partial charge in [-0.25, -0.2) is 4.39 Å². The van der Waals surface area contributed by atoms with Gasteiger partial charge in [-0.05, 0) is 18.2 Å². The Morgan fingerprint density at radius 2 is 1.91 bits per heavy atom. The van der Waals surface area contributed by atoms with Gasteiger partial charge in [-0.15, -0.1) is 0 Å². The van der Waals surface area contributed by atoms with E-state index < -0.39 is 17.3 Å². The van der Waals surface area contributed by atoms with Crippen LogP contribution in [0.3, 0.4) is 0 Å². The lowest BCUT2D eigenvalue weighted by Crippen LogP contribution is -2.68. The average molecular weight is 295 g/mol. The summed E-state index contributed by atoms with van der Waals surface area (Å²) in [7, 11) is 9.58. The van der Waals surface area contributed by atoms with E-state index in [1.165, 1.54) is 19.2 Å². The molecule has 0 atom stereocenters. The number of anilines is 1. The molecule has 4 nitrogen and oxygen atoms in total. The van der Waals surface area contributed by atoms with Crippen molar-refractivity contribution in [3.63, 3.8) is 0 Å². The number of amides is 1. The molecule has 1 aromatic carbocycles. The number of benzene rings is 1. The highest BCUT2D eigenvalue weighted by Crippen LogP contribution is 2.65. The first-order chi connectivity index (χ1) is 10.1. The first kappa shape index (κ1) is 16.5. The number of nitrogens with one attached hydrogen (secondary N) is 2. The van der Waals surface area contributed by atoms with Crippen molar-refractivity contribution in [2.24, 2.45) is 0 Å². The molecular weight excluding hydrogens is 276 g/mol. The van der Waals surface area contributed by atoms with Crippen LogP contribution in [0.1, 0.15) is 16.8 Å². The summed E-state index contributed by atoms with van der Waals surface area (Å²) in [6.45, 7) is 0. The summed E-state index contributed by atoms with van der Waals surface area (Å²) in [5, 5.41) is 14.9. The van der Waals surface area contributed by atoms with E-state index in [0.717, 1.165) is 6.42 Å². The van der Waals surface area contributed by atoms with Crippen molar-refractivity contribution in [3.05, 3.63) is 29.6 Å². The van der Waals surface area contributed by atoms with Crippen LogP contribution in [0.25, 0.3) is 0 Å². The van der Waals surface area contributed by atoms with E-state index in [4.69, 9.17) is 0 Å². The zero-order valence-electron chi connectivity index (χ0n) is 13.7. The monoisotopic (exact) mass is 295 g/mol. The highest BCUT2D eigenvalue weighted by atomic mass is 19.1. The van der Waals surface area contributed by atoms with Crippen LogP contribution in [0.4, 0.5) is 10.1 Å². The standard InChI is InChI=1S/C13H18B4FN3O/c1-20-10(22)8-3-2-7(4-9(8)18)21-11(6-19)12(14,15)5-13(11,16)17/h2-4,21H,5,14-17H2,1H3,(H,20,22). The average Bonchev–Trinajstić information content (AvgIpc) is 2.42. The van der Waals surface area contributed by atoms with Gasteiger partial charge in [-0.1, -0.05) is 16.8 Å². The van der Waals surface area contributed by atoms with E-state index in [-0.39, 0.29) is 16.0 Å². The number of nitriles is 1. The van der Waals surface area contributed by atoms with E-state index in [1.807, 2.05) is 31.4 Å². The van der Waals surface area contributed by atoms with Crippen molar-refractivity contribution < 1.29 is 9.18 Å². The third-order valence-corrected chi connectivity index (χ3v) is 4.85. The number of halogens is 1. The van der Waals surface area contributed by atoms with Crippen molar-refractivity contribution in [1.82, 2.24) is 5.32 Å². The minimum Gasteiger partial charge on any atom is -0.369 e. The minimum atomic E-state index is -0.777. The Morgan fingerprint density at radius 1 is 1.32 bits per heavy atom. The van der Waals surface area contributed by atoms with Crippen LogP contribution in [-0.4, -0.2) is 49.9 Å². The van der Waals surface area contributed by atoms with Gasteiger partial charge in [0.1, 0.15) is 42.7 Å². The Balaban J connectivity index is 2.37. The molecule has 0 spiro atoms. The van der Waals surface area contributed by atoms with E-state index >= 15 is 0 Å². The fraction of sp³-hybridized carbons (Fsp3) is 0.385. The quantitative estimate of drug-likeness (QED) is 0.636. The smallest absolute Gasteiger partial charge is 0.253 e. The summed E-state index contributed by atoms with van der Waals surface area (Å²) in [5.74, 6) is -1.07. The lowest BCUT2D eigenvalue weighted by atomic mass is 9.18. The summed E-state index contributed by atoms with van der Waals surface area (Å²) in [6, 6.07) is 6.74. The van der Waals surface area contributed by atoms with E-state index in [9.17, 15) is 14.4 Å². The Bertz CT molecular complexity index is 658. The Hall–Kier alpha value is -1.83. The molecule has 0 aliphatic heterocycles. The predicted molar refractivity (Wildman–Crippen MR) is 95.9 cm³/mol. The van der Waals surface area contributed by atoms with Crippen LogP contribution in [-0.2, 0) is 0 Å². The van der Waals surface area contributed by atoms with Crippen LogP contribution in [0.5, 0.6) is 0 Å². The number of hydrogen-bond donors (Lipinski definition) is 2. The zero-order chi connectivity index (χ0) is 16.8. The van der Waals surface area contributed by atoms with E-state index in [0.29, 0.717) is 5.69 Å². The predicted octanol–water partition coefficient (Wildman–Crippen LogP) is -1.97. The molecule has 0 aromatic heterocycles. The van der Waals surface area contributed by atoms with Gasteiger partial charge in [0.05, 0.1) is 11.6 Å². The molecule has 1 aliphatic carbocycles. The third kappa shape index (κ3) is 2.22. The molecule has 22 heavy (non-hydrogen) atoms. The lowest BCUT2D eigenvalue weighted by Gasteiger charge is -2.65. The molecule has 2 N–H and O–H groups in total. The maximum Gasteiger partial charge on any atom is 0.253 e. The number of carbonyl (C=O) groups excluding carboxylic acids is 1. The second-order valence-electron chi connectivity index (χ2n) is 7.21. The Labute approximate surface area is 133 Å². The van der Waals surface area contributed by atoms with Gasteiger partial charge in [-0.2, -0.15) is 5.26 Å². The summed E-state index contributed by atoms with van der Waals surface area (Å²) < 4.78 is 14.1. The molecule has 0 radical (unpaired) electrons. The summed E-state index contributed by atoms with van der Waals surface area (Å²) >= 11 is 0. The highest BCUT2D eigenvalue weighted by Gasteiger charge is 2.65. The maximum atomic E-state index is 14.1. The maximum absolute atomic E-state index is 14.1. The minimum absolute atomic E-state index is 0.00816. The second-order valence-corrected chi connectivity index (χ2v) is 7.21. The molecule has 1 amide bonds. The lowest BCUT2D eigenvalue weighted by molar-refractivity contribution is 0.0959. The Kier molecular flexibility index (Phi) is 3.85. The Morgan fingerprint density at radius 3 is 2.32 bits per heavy atom. The van der Waals surface area contributed by atoms with Gasteiger partial charge in [0.15, 0.2) is 0 Å². The van der Waals surface area contributed by atoms with Crippen LogP contribution in [0.2, 0.25) is 10.4 Å². The highest BCUT2D eigenvalue weighted by molar-refractivity contribution is 6.51. The summed E-state index contributed by atoms with van der Waals surface area (Å²) in [6.07, 6.45) is 0.902. The van der Waals surface area contributed by atoms with Gasteiger partial charge in [0.2, 0.25) is 0 Å². The van der Waals surface area contributed by atoms with Crippen molar-refractivity contribution >= 4 is 43.0 Å². The van der Waals surface area contributed by atoms with E-state index in [1.54, 1.807) is 6.07 Å². The first-order valence-electron chi connectivity index (χ1n) is 7.31. The molecule has 1 aliphatic rings. The molecular formula is C13H18B4FN3O. The zero-order valence-corrected chi connectivity index (χ0v) is 13.7. The normalized spacial score (nSPS) is 20.2. The van der Waals surface area contributed by atoms with Gasteiger partial charge >= 0.3 is 0 Å². The van der Waals surface area contributed by atoms with Crippen LogP contribution in [0.15, 0.2) is 18.2 Å². The van der Waals surface area contributed by atoms with Crippen LogP contribution < -0.4 is 10.6 Å². The van der Waals surface area contributed by atoms with Crippen molar-refractivity contribution in [2.45, 2.75) is 22.4 Å². The molecule has 110 valence electrons. The molecule has 9 heteroatoms. The summed E-state index contributed by atoms with van der Waals surface area (Å²) in [4.78, 5) is 11.5. The molecule has 1 fully saturated rings. The molecule has 0 saturated heterocycles. The number of rotatable bonds is 3. The number of carbonyl (C=O) groups is 1. The fourth-order valence-corrected chi connectivity index (χ4v) is 3.98. The molecule has 2 rings (SSSR count). The van der Waals surface area contributed by atoms with Gasteiger partial charge in [0.25, 0.3) is 5.91 Å². The van der Waals surface area contributed by atoms with Crippen molar-refractivity contribution in [2.75, 3.05) is 12.4 Å². The van der Waals surface area contributed by atoms with Crippen molar-refractivity contribution in [1.29, 1.82) is 5.26 Å². The molecule has 0 unspecified atom stereocenters. The molecule has 0 heterocycles. The van der Waals surface area contributed by atoms with Gasteiger partial charge in [-0.3, -0.25) is 4.79 Å². The largest absolute Gasteiger partial charge is 0.369 e. The van der Waals surface area contributed by atoms with Crippen molar-refractivity contribution in [3.8, 4) is 6.07 Å². The fourth-order valence-electron chi connectivity index (χ4n) is 3.98. The molecule has 1 aromatic rings. The number of hydrogen-bond acceptors (Lipinski definition) is 3. The van der Waals surface area contributed by atoms with Gasteiger partial charge in [0, 0.05) is 12.7 Å². The van der Waals surface area contributed by atoms with E-state index in [2.05, 4.69) is 16.7 Å². The SMILES string of the molecule is BC1(B)CC(B)(B)C1(C#N)Nc1ccc(C(=O)NC)c(F)c1. The first-order valence-corrected chi connectivity index (χ1v) is 7.31. The van der Waals surface area contributed by atoms with Crippen LogP contribution >= 0.6 is 0 Å². The number of nitrogens with zero attached hydrogens (tertiary/aromatic N) is 1. The molecule has 1 saturated carbocycles. The third-order valence-electron chi connectivity index (χ3n) is 4.85. The second kappa shape index (κ2) is 5.12. The summed E-state index contributed by atoms with van der Waals surface area (Å²) in [5.41, 5.74) is -0.278. The van der Waals surface area contributed by atoms with Gasteiger partial charge < -0.3 is 10.6 Å². The van der Waals surface area contributed by atoms with Crippen LogP contribution in [0, 0.1) is 17.1 Å². The molecule has 0 bridgehead atoms.